The lowest BCUT2D eigenvalue weighted by atomic mass is 10.1. The minimum absolute atomic E-state index is 0.0348. The number of sulfonamides is 1. The Morgan fingerprint density at radius 2 is 1.64 bits per heavy atom. The Kier molecular flexibility index (Phi) is 8.23. The summed E-state index contributed by atoms with van der Waals surface area (Å²) in [6, 6.07) is 19.6. The molecule has 0 saturated carbocycles. The van der Waals surface area contributed by atoms with Gasteiger partial charge in [0.05, 0.1) is 17.8 Å². The number of phenolic OH excluding ortho intramolecular Hbond substituents is 2. The molecule has 5 aromatic rings. The highest BCUT2D eigenvalue weighted by Gasteiger charge is 2.22. The van der Waals surface area contributed by atoms with Crippen molar-refractivity contribution < 1.29 is 23.4 Å². The number of aromatic nitrogens is 3. The van der Waals surface area contributed by atoms with E-state index in [0.717, 1.165) is 22.8 Å². The molecule has 0 spiro atoms. The van der Waals surface area contributed by atoms with Gasteiger partial charge < -0.3 is 15.1 Å². The van der Waals surface area contributed by atoms with Crippen molar-refractivity contribution in [3.05, 3.63) is 126 Å². The molecule has 0 aliphatic rings. The van der Waals surface area contributed by atoms with E-state index in [9.17, 15) is 23.4 Å². The van der Waals surface area contributed by atoms with Gasteiger partial charge in [0.2, 0.25) is 10.0 Å². The van der Waals surface area contributed by atoms with E-state index in [0.29, 0.717) is 16.9 Å². The number of nitrogens with zero attached hydrogens (tertiary/aromatic N) is 4. The molecule has 0 bridgehead atoms. The zero-order valence-electron chi connectivity index (χ0n) is 22.5. The van der Waals surface area contributed by atoms with Gasteiger partial charge in [-0.25, -0.2) is 13.1 Å². The lowest BCUT2D eigenvalue weighted by molar-refractivity contribution is 0.0982. The number of aryl methyl sites for hydroxylation is 1. The maximum absolute atomic E-state index is 13.6. The first-order chi connectivity index (χ1) is 20.2. The Morgan fingerprint density at radius 3 is 2.31 bits per heavy atom. The molecule has 42 heavy (non-hydrogen) atoms. The van der Waals surface area contributed by atoms with E-state index >= 15 is 0 Å². The van der Waals surface area contributed by atoms with Crippen LogP contribution in [-0.2, 0) is 23.1 Å². The smallest absolute Gasteiger partial charge is 0.262 e. The van der Waals surface area contributed by atoms with E-state index in [4.69, 9.17) is 0 Å². The molecule has 3 heterocycles. The summed E-state index contributed by atoms with van der Waals surface area (Å²) >= 11 is 0. The lowest BCUT2D eigenvalue weighted by Gasteiger charge is -2.24. The Balaban J connectivity index is 1.40. The summed E-state index contributed by atoms with van der Waals surface area (Å²) < 4.78 is 28.3. The van der Waals surface area contributed by atoms with Crippen LogP contribution in [0.25, 0.3) is 11.3 Å². The number of nitrogens with one attached hydrogen (secondary N) is 1. The fourth-order valence-corrected chi connectivity index (χ4v) is 5.41. The van der Waals surface area contributed by atoms with Gasteiger partial charge in [0.15, 0.2) is 0 Å². The SMILES string of the molecule is Cc1cc(S(=O)(=O)NCc2ccncc2)cnc1-c1ccc(N(Cc2cccnc2)C(=O)c2ccc(O)cc2O)cc1. The molecule has 0 aliphatic heterocycles. The van der Waals surface area contributed by atoms with Crippen LogP contribution in [0.15, 0.2) is 109 Å². The van der Waals surface area contributed by atoms with Crippen LogP contribution in [0.5, 0.6) is 11.5 Å². The van der Waals surface area contributed by atoms with Crippen molar-refractivity contribution in [3.8, 4) is 22.8 Å². The van der Waals surface area contributed by atoms with Gasteiger partial charge in [-0.15, -0.1) is 0 Å². The predicted octanol–water partition coefficient (Wildman–Crippen LogP) is 4.58. The van der Waals surface area contributed by atoms with Crippen LogP contribution in [0.1, 0.15) is 27.0 Å². The maximum atomic E-state index is 13.6. The number of carbonyl (C=O) groups is 1. The number of aromatic hydroxyl groups is 2. The molecular formula is C31H27N5O5S. The van der Waals surface area contributed by atoms with Gasteiger partial charge in [-0.3, -0.25) is 19.7 Å². The number of hydrogen-bond donors (Lipinski definition) is 3. The molecule has 0 fully saturated rings. The van der Waals surface area contributed by atoms with Crippen molar-refractivity contribution in [1.29, 1.82) is 0 Å². The van der Waals surface area contributed by atoms with Crippen LogP contribution in [0.3, 0.4) is 0 Å². The first-order valence-electron chi connectivity index (χ1n) is 12.9. The van der Waals surface area contributed by atoms with Gasteiger partial charge in [0.25, 0.3) is 5.91 Å². The summed E-state index contributed by atoms with van der Waals surface area (Å²) in [5, 5.41) is 20.0. The standard InChI is InChI=1S/C31H27N5O5S/c1-21-15-27(42(40,41)35-18-22-10-13-32-14-11-22)19-34-30(21)24-4-6-25(7-5-24)36(20-23-3-2-12-33-17-23)31(39)28-9-8-26(37)16-29(28)38/h2-17,19,35,37-38H,18,20H2,1H3. The largest absolute Gasteiger partial charge is 0.508 e. The van der Waals surface area contributed by atoms with Gasteiger partial charge in [-0.1, -0.05) is 18.2 Å². The lowest BCUT2D eigenvalue weighted by Crippen LogP contribution is -2.30. The van der Waals surface area contributed by atoms with E-state index in [1.54, 1.807) is 80.2 Å². The van der Waals surface area contributed by atoms with Crippen LogP contribution in [0.2, 0.25) is 0 Å². The highest BCUT2D eigenvalue weighted by Crippen LogP contribution is 2.30. The molecule has 0 aliphatic carbocycles. The van der Waals surface area contributed by atoms with Crippen LogP contribution < -0.4 is 9.62 Å². The summed E-state index contributed by atoms with van der Waals surface area (Å²) in [7, 11) is -3.79. The quantitative estimate of drug-likeness (QED) is 0.229. The molecule has 2 aromatic carbocycles. The molecule has 0 atom stereocenters. The van der Waals surface area contributed by atoms with E-state index in [-0.39, 0.29) is 35.0 Å². The maximum Gasteiger partial charge on any atom is 0.262 e. The zero-order chi connectivity index (χ0) is 29.7. The Bertz CT molecular complexity index is 1820. The normalized spacial score (nSPS) is 11.3. The number of carbonyl (C=O) groups excluding carboxylic acids is 1. The van der Waals surface area contributed by atoms with Crippen LogP contribution in [0.4, 0.5) is 5.69 Å². The molecule has 11 heteroatoms. The van der Waals surface area contributed by atoms with E-state index in [2.05, 4.69) is 19.7 Å². The number of phenols is 2. The van der Waals surface area contributed by atoms with E-state index < -0.39 is 15.9 Å². The van der Waals surface area contributed by atoms with E-state index in [1.165, 1.54) is 23.2 Å². The number of anilines is 1. The van der Waals surface area contributed by atoms with Gasteiger partial charge >= 0.3 is 0 Å². The van der Waals surface area contributed by atoms with Crippen molar-refractivity contribution in [1.82, 2.24) is 19.7 Å². The number of amides is 1. The third kappa shape index (κ3) is 6.43. The monoisotopic (exact) mass is 581 g/mol. The van der Waals surface area contributed by atoms with Crippen molar-refractivity contribution in [2.45, 2.75) is 24.9 Å². The van der Waals surface area contributed by atoms with Crippen molar-refractivity contribution in [3.63, 3.8) is 0 Å². The summed E-state index contributed by atoms with van der Waals surface area (Å²) in [5.74, 6) is -0.955. The molecule has 0 unspecified atom stereocenters. The molecule has 0 saturated heterocycles. The second-order valence-corrected chi connectivity index (χ2v) is 11.3. The first kappa shape index (κ1) is 28.4. The summed E-state index contributed by atoms with van der Waals surface area (Å²) in [4.78, 5) is 27.6. The molecular weight excluding hydrogens is 554 g/mol. The Hall–Kier alpha value is -5.13. The highest BCUT2D eigenvalue weighted by atomic mass is 32.2. The van der Waals surface area contributed by atoms with Crippen LogP contribution >= 0.6 is 0 Å². The minimum atomic E-state index is -3.79. The number of rotatable bonds is 9. The minimum Gasteiger partial charge on any atom is -0.508 e. The Labute approximate surface area is 243 Å². The average Bonchev–Trinajstić information content (AvgIpc) is 3.00. The van der Waals surface area contributed by atoms with E-state index in [1.807, 2.05) is 6.07 Å². The average molecular weight is 582 g/mol. The van der Waals surface area contributed by atoms with Crippen molar-refractivity contribution >= 4 is 21.6 Å². The topological polar surface area (TPSA) is 146 Å². The molecule has 10 nitrogen and oxygen atoms in total. The van der Waals surface area contributed by atoms with Gasteiger partial charge in [-0.05, 0) is 72.1 Å². The highest BCUT2D eigenvalue weighted by molar-refractivity contribution is 7.89. The molecule has 212 valence electrons. The van der Waals surface area contributed by atoms with Gasteiger partial charge in [-0.2, -0.15) is 0 Å². The Morgan fingerprint density at radius 1 is 0.881 bits per heavy atom. The summed E-state index contributed by atoms with van der Waals surface area (Å²) in [5.41, 5.74) is 4.13. The second kappa shape index (κ2) is 12.2. The van der Waals surface area contributed by atoms with Crippen LogP contribution in [-0.4, -0.2) is 39.5 Å². The fraction of sp³-hybridized carbons (Fsp3) is 0.0968. The van der Waals surface area contributed by atoms with Gasteiger partial charge in [0, 0.05) is 54.8 Å². The molecule has 1 amide bonds. The van der Waals surface area contributed by atoms with Gasteiger partial charge in [0.1, 0.15) is 16.4 Å². The third-order valence-electron chi connectivity index (χ3n) is 6.55. The number of benzene rings is 2. The third-order valence-corrected chi connectivity index (χ3v) is 7.92. The summed E-state index contributed by atoms with van der Waals surface area (Å²) in [6.07, 6.45) is 7.80. The second-order valence-electron chi connectivity index (χ2n) is 9.52. The number of hydrogen-bond acceptors (Lipinski definition) is 8. The summed E-state index contributed by atoms with van der Waals surface area (Å²) in [6.45, 7) is 2.09. The first-order valence-corrected chi connectivity index (χ1v) is 14.4. The zero-order valence-corrected chi connectivity index (χ0v) is 23.4. The number of pyridine rings is 3. The molecule has 3 N–H and O–H groups in total. The molecule has 3 aromatic heterocycles. The predicted molar refractivity (Wildman–Crippen MR) is 157 cm³/mol. The molecule has 5 rings (SSSR count). The van der Waals surface area contributed by atoms with Crippen LogP contribution in [0, 0.1) is 6.92 Å². The van der Waals surface area contributed by atoms with Crippen molar-refractivity contribution in [2.75, 3.05) is 4.90 Å². The fourth-order valence-electron chi connectivity index (χ4n) is 4.36. The molecule has 0 radical (unpaired) electrons. The van der Waals surface area contributed by atoms with Crippen molar-refractivity contribution in [2.24, 2.45) is 0 Å².